The van der Waals surface area contributed by atoms with Gasteiger partial charge in [-0.15, -0.1) is 0 Å². The van der Waals surface area contributed by atoms with Crippen LogP contribution in [-0.4, -0.2) is 96.7 Å². The predicted octanol–water partition coefficient (Wildman–Crippen LogP) is 20.5. The van der Waals surface area contributed by atoms with E-state index < -0.39 is 97.5 Å². The van der Waals surface area contributed by atoms with Crippen LogP contribution in [0.25, 0.3) is 0 Å². The maximum absolute atomic E-state index is 13.0. The van der Waals surface area contributed by atoms with Crippen molar-refractivity contribution in [3.63, 3.8) is 0 Å². The van der Waals surface area contributed by atoms with Crippen LogP contribution in [0.1, 0.15) is 369 Å². The maximum atomic E-state index is 13.0. The fourth-order valence-electron chi connectivity index (χ4n) is 10.8. The number of rotatable bonds is 71. The van der Waals surface area contributed by atoms with Gasteiger partial charge in [0.05, 0.1) is 26.4 Å². The lowest BCUT2D eigenvalue weighted by Gasteiger charge is -2.21. The molecule has 0 fully saturated rings. The van der Waals surface area contributed by atoms with E-state index in [1.807, 2.05) is 0 Å². The molecule has 0 saturated carbocycles. The van der Waals surface area contributed by atoms with E-state index in [2.05, 4.69) is 34.6 Å². The van der Waals surface area contributed by atoms with Crippen LogP contribution in [0.5, 0.6) is 0 Å². The van der Waals surface area contributed by atoms with Gasteiger partial charge in [-0.1, -0.05) is 317 Å². The first kappa shape index (κ1) is 88.1. The minimum atomic E-state index is -4.95. The van der Waals surface area contributed by atoms with Crippen molar-refractivity contribution in [1.29, 1.82) is 0 Å². The third-order valence-electron chi connectivity index (χ3n) is 16.9. The molecular formula is C71H138O17P2. The van der Waals surface area contributed by atoms with Gasteiger partial charge in [-0.3, -0.25) is 37.3 Å². The van der Waals surface area contributed by atoms with Gasteiger partial charge in [-0.25, -0.2) is 9.13 Å². The van der Waals surface area contributed by atoms with Crippen molar-refractivity contribution in [1.82, 2.24) is 0 Å². The molecule has 0 aliphatic carbocycles. The van der Waals surface area contributed by atoms with Crippen LogP contribution in [0.15, 0.2) is 0 Å². The smallest absolute Gasteiger partial charge is 0.462 e. The summed E-state index contributed by atoms with van der Waals surface area (Å²) in [5, 5.41) is 10.6. The number of hydrogen-bond donors (Lipinski definition) is 3. The first-order valence-electron chi connectivity index (χ1n) is 37.2. The Balaban J connectivity index is 5.19. The van der Waals surface area contributed by atoms with Crippen LogP contribution in [0, 0.1) is 5.92 Å². The van der Waals surface area contributed by atoms with Gasteiger partial charge in [0, 0.05) is 25.7 Å². The zero-order valence-electron chi connectivity index (χ0n) is 58.3. The molecule has 19 heteroatoms. The maximum Gasteiger partial charge on any atom is 0.472 e. The minimum Gasteiger partial charge on any atom is -0.462 e. The van der Waals surface area contributed by atoms with Gasteiger partial charge in [-0.05, 0) is 31.6 Å². The van der Waals surface area contributed by atoms with E-state index >= 15 is 0 Å². The van der Waals surface area contributed by atoms with Gasteiger partial charge in [0.2, 0.25) is 0 Å². The molecule has 0 radical (unpaired) electrons. The second kappa shape index (κ2) is 64.4. The molecule has 0 rings (SSSR count). The Bertz CT molecular complexity index is 1740. The molecule has 0 aliphatic rings. The Morgan fingerprint density at radius 1 is 0.311 bits per heavy atom. The van der Waals surface area contributed by atoms with Crippen molar-refractivity contribution in [2.45, 2.75) is 387 Å². The Morgan fingerprint density at radius 2 is 0.533 bits per heavy atom. The van der Waals surface area contributed by atoms with E-state index in [1.54, 1.807) is 0 Å². The number of aliphatic hydroxyl groups is 1. The van der Waals surface area contributed by atoms with Crippen molar-refractivity contribution in [2.24, 2.45) is 5.92 Å². The number of phosphoric ester groups is 2. The molecule has 0 heterocycles. The Hall–Kier alpha value is -1.94. The molecule has 6 atom stereocenters. The normalized spacial score (nSPS) is 14.4. The number of aliphatic hydroxyl groups excluding tert-OH is 1. The number of carbonyl (C=O) groups is 4. The van der Waals surface area contributed by atoms with Gasteiger partial charge in [-0.2, -0.15) is 0 Å². The second-order valence-electron chi connectivity index (χ2n) is 25.9. The summed E-state index contributed by atoms with van der Waals surface area (Å²) in [5.41, 5.74) is 0. The largest absolute Gasteiger partial charge is 0.472 e. The van der Waals surface area contributed by atoms with Gasteiger partial charge in [0.25, 0.3) is 0 Å². The zero-order chi connectivity index (χ0) is 66.3. The molecule has 0 aromatic carbocycles. The molecule has 0 saturated heterocycles. The summed E-state index contributed by atoms with van der Waals surface area (Å²) in [7, 11) is -9.90. The number of carbonyl (C=O) groups excluding carboxylic acids is 4. The number of unbranched alkanes of at least 4 members (excludes halogenated alkanes) is 42. The molecule has 0 aliphatic heterocycles. The van der Waals surface area contributed by atoms with Crippen LogP contribution in [0.3, 0.4) is 0 Å². The number of ether oxygens (including phenoxy) is 4. The first-order chi connectivity index (χ1) is 43.6. The highest BCUT2D eigenvalue weighted by molar-refractivity contribution is 7.47. The number of phosphoric acid groups is 2. The molecule has 0 aromatic heterocycles. The number of hydrogen-bond acceptors (Lipinski definition) is 15. The van der Waals surface area contributed by atoms with Crippen LogP contribution in [0.4, 0.5) is 0 Å². The van der Waals surface area contributed by atoms with E-state index in [0.717, 1.165) is 102 Å². The lowest BCUT2D eigenvalue weighted by molar-refractivity contribution is -0.161. The molecule has 0 bridgehead atoms. The highest BCUT2D eigenvalue weighted by Gasteiger charge is 2.30. The van der Waals surface area contributed by atoms with Gasteiger partial charge < -0.3 is 33.8 Å². The molecule has 0 spiro atoms. The van der Waals surface area contributed by atoms with E-state index in [9.17, 15) is 43.2 Å². The van der Waals surface area contributed by atoms with Gasteiger partial charge in [0.1, 0.15) is 19.3 Å². The summed E-state index contributed by atoms with van der Waals surface area (Å²) in [6.45, 7) is 7.23. The molecule has 17 nitrogen and oxygen atoms in total. The summed E-state index contributed by atoms with van der Waals surface area (Å²) >= 11 is 0. The van der Waals surface area contributed by atoms with Crippen molar-refractivity contribution in [2.75, 3.05) is 39.6 Å². The lowest BCUT2D eigenvalue weighted by Crippen LogP contribution is -2.30. The van der Waals surface area contributed by atoms with Crippen LogP contribution >= 0.6 is 15.6 Å². The molecule has 3 unspecified atom stereocenters. The summed E-state index contributed by atoms with van der Waals surface area (Å²) in [4.78, 5) is 72.5. The average molecular weight is 1330 g/mol. The zero-order valence-corrected chi connectivity index (χ0v) is 60.1. The highest BCUT2D eigenvalue weighted by atomic mass is 31.2. The van der Waals surface area contributed by atoms with Crippen LogP contribution < -0.4 is 0 Å². The Kier molecular flexibility index (Phi) is 63.0. The van der Waals surface area contributed by atoms with Gasteiger partial charge >= 0.3 is 39.5 Å². The summed E-state index contributed by atoms with van der Waals surface area (Å²) in [6, 6.07) is 0. The lowest BCUT2D eigenvalue weighted by atomic mass is 9.99. The van der Waals surface area contributed by atoms with Crippen LogP contribution in [0.2, 0.25) is 0 Å². The molecule has 0 aromatic rings. The van der Waals surface area contributed by atoms with Gasteiger partial charge in [0.15, 0.2) is 12.2 Å². The SMILES string of the molecule is CCCCCCCCCCCCCCCCCCCCCC(=O)O[C@H](COC(=O)CCCCCCCCCCC(C)CC)COP(=O)(O)OC[C@@H](O)COP(=O)(O)OC[C@@H](COC(=O)CCCCCCCCCC)OC(=O)CCCCCCCCCCCCC. The van der Waals surface area contributed by atoms with E-state index in [-0.39, 0.29) is 25.7 Å². The molecule has 90 heavy (non-hydrogen) atoms. The third kappa shape index (κ3) is 63.5. The molecule has 534 valence electrons. The monoisotopic (exact) mass is 1320 g/mol. The topological polar surface area (TPSA) is 237 Å². The number of esters is 4. The predicted molar refractivity (Wildman–Crippen MR) is 363 cm³/mol. The summed E-state index contributed by atoms with van der Waals surface area (Å²) < 4.78 is 68.2. The molecule has 0 amide bonds. The quantitative estimate of drug-likeness (QED) is 0.0222. The highest BCUT2D eigenvalue weighted by Crippen LogP contribution is 2.45. The van der Waals surface area contributed by atoms with Crippen molar-refractivity contribution in [3.05, 3.63) is 0 Å². The summed E-state index contributed by atoms with van der Waals surface area (Å²) in [5.74, 6) is -1.35. The standard InChI is InChI=1S/C71H138O17P2/c1-6-10-13-16-19-22-24-25-26-27-28-29-30-31-33-35-42-47-52-57-71(76)88-67(61-82-69(74)55-50-45-40-37-36-38-43-48-53-64(5)9-4)63-86-90(79,80)84-59-65(72)58-83-89(77,78)85-62-66(60-81-68(73)54-49-44-39-21-18-15-12-8-3)87-70(75)56-51-46-41-34-32-23-20-17-14-11-7-2/h64-67,72H,6-63H2,1-5H3,(H,77,78)(H,79,80)/t64?,65-,66+,67+/m0/s1. The third-order valence-corrected chi connectivity index (χ3v) is 18.8. The Morgan fingerprint density at radius 3 is 0.789 bits per heavy atom. The van der Waals surface area contributed by atoms with E-state index in [4.69, 9.17) is 37.0 Å². The van der Waals surface area contributed by atoms with Crippen molar-refractivity contribution < 1.29 is 80.2 Å². The van der Waals surface area contributed by atoms with E-state index in [1.165, 1.54) is 186 Å². The average Bonchev–Trinajstić information content (AvgIpc) is 3.32. The van der Waals surface area contributed by atoms with Crippen molar-refractivity contribution >= 4 is 39.5 Å². The second-order valence-corrected chi connectivity index (χ2v) is 28.8. The van der Waals surface area contributed by atoms with E-state index in [0.29, 0.717) is 25.7 Å². The molecular weight excluding hydrogens is 1190 g/mol. The molecule has 3 N–H and O–H groups in total. The minimum absolute atomic E-state index is 0.107. The summed E-state index contributed by atoms with van der Waals surface area (Å²) in [6.07, 6.45) is 51.4. The fraction of sp³-hybridized carbons (Fsp3) is 0.944. The van der Waals surface area contributed by atoms with Crippen molar-refractivity contribution in [3.8, 4) is 0 Å². The first-order valence-corrected chi connectivity index (χ1v) is 40.2. The fourth-order valence-corrected chi connectivity index (χ4v) is 12.4. The van der Waals surface area contributed by atoms with Crippen LogP contribution in [-0.2, 0) is 65.4 Å². The Labute approximate surface area is 549 Å².